The van der Waals surface area contributed by atoms with Crippen LogP contribution in [0.4, 0.5) is 21.7 Å². The SMILES string of the molecule is CCNc1nc(Nc2ccc(Br)c(F)c2)c(Cl)cc1Cl. The first kappa shape index (κ1) is 15.4. The summed E-state index contributed by atoms with van der Waals surface area (Å²) in [6, 6.07) is 6.26. The first-order valence-electron chi connectivity index (χ1n) is 5.83. The van der Waals surface area contributed by atoms with Crippen molar-refractivity contribution >= 4 is 56.5 Å². The molecule has 0 bridgehead atoms. The highest BCUT2D eigenvalue weighted by Gasteiger charge is 2.10. The zero-order valence-corrected chi connectivity index (χ0v) is 13.6. The van der Waals surface area contributed by atoms with E-state index in [0.717, 1.165) is 0 Å². The van der Waals surface area contributed by atoms with E-state index in [9.17, 15) is 4.39 Å². The molecule has 1 heterocycles. The second kappa shape index (κ2) is 6.61. The van der Waals surface area contributed by atoms with Gasteiger partial charge in [-0.2, -0.15) is 0 Å². The quantitative estimate of drug-likeness (QED) is 0.741. The van der Waals surface area contributed by atoms with Gasteiger partial charge in [0.1, 0.15) is 11.6 Å². The molecule has 2 aromatic rings. The Morgan fingerprint density at radius 3 is 2.55 bits per heavy atom. The summed E-state index contributed by atoms with van der Waals surface area (Å²) in [5.74, 6) is 0.569. The van der Waals surface area contributed by atoms with Gasteiger partial charge in [0.05, 0.1) is 14.5 Å². The van der Waals surface area contributed by atoms with Crippen LogP contribution in [0.2, 0.25) is 10.0 Å². The Hall–Kier alpha value is -1.04. The maximum atomic E-state index is 13.5. The first-order chi connectivity index (χ1) is 9.51. The van der Waals surface area contributed by atoms with Gasteiger partial charge in [-0.1, -0.05) is 23.2 Å². The van der Waals surface area contributed by atoms with Gasteiger partial charge < -0.3 is 10.6 Å². The lowest BCUT2D eigenvalue weighted by molar-refractivity contribution is 0.622. The van der Waals surface area contributed by atoms with Gasteiger partial charge in [-0.05, 0) is 47.1 Å². The molecule has 0 saturated heterocycles. The van der Waals surface area contributed by atoms with Gasteiger partial charge in [-0.3, -0.25) is 0 Å². The molecule has 0 spiro atoms. The van der Waals surface area contributed by atoms with E-state index in [1.165, 1.54) is 6.07 Å². The van der Waals surface area contributed by atoms with Crippen molar-refractivity contribution in [3.63, 3.8) is 0 Å². The Labute approximate surface area is 134 Å². The van der Waals surface area contributed by atoms with Crippen LogP contribution >= 0.6 is 39.1 Å². The molecule has 1 aromatic heterocycles. The number of nitrogens with one attached hydrogen (secondary N) is 2. The third kappa shape index (κ3) is 3.53. The highest BCUT2D eigenvalue weighted by atomic mass is 79.9. The monoisotopic (exact) mass is 377 g/mol. The highest BCUT2D eigenvalue weighted by molar-refractivity contribution is 9.10. The van der Waals surface area contributed by atoms with Crippen molar-refractivity contribution in [2.45, 2.75) is 6.92 Å². The van der Waals surface area contributed by atoms with Crippen LogP contribution in [-0.4, -0.2) is 11.5 Å². The molecule has 0 saturated carbocycles. The van der Waals surface area contributed by atoms with Crippen molar-refractivity contribution in [2.75, 3.05) is 17.2 Å². The molecule has 106 valence electrons. The van der Waals surface area contributed by atoms with Crippen LogP contribution in [-0.2, 0) is 0 Å². The normalized spacial score (nSPS) is 10.4. The summed E-state index contributed by atoms with van der Waals surface area (Å²) in [4.78, 5) is 4.29. The van der Waals surface area contributed by atoms with Crippen LogP contribution in [0.25, 0.3) is 0 Å². The molecular formula is C13H11BrCl2FN3. The van der Waals surface area contributed by atoms with Gasteiger partial charge in [0.15, 0.2) is 5.82 Å². The number of benzene rings is 1. The van der Waals surface area contributed by atoms with Gasteiger partial charge in [-0.25, -0.2) is 9.37 Å². The lowest BCUT2D eigenvalue weighted by Gasteiger charge is -2.12. The van der Waals surface area contributed by atoms with E-state index in [1.807, 2.05) is 6.92 Å². The lowest BCUT2D eigenvalue weighted by atomic mass is 10.3. The Bertz CT molecular complexity index is 637. The van der Waals surface area contributed by atoms with Gasteiger partial charge >= 0.3 is 0 Å². The maximum Gasteiger partial charge on any atom is 0.151 e. The molecule has 3 nitrogen and oxygen atoms in total. The number of pyridine rings is 1. The van der Waals surface area contributed by atoms with Crippen LogP contribution in [0.5, 0.6) is 0 Å². The average molecular weight is 379 g/mol. The van der Waals surface area contributed by atoms with Gasteiger partial charge in [0.25, 0.3) is 0 Å². The maximum absolute atomic E-state index is 13.5. The van der Waals surface area contributed by atoms with E-state index < -0.39 is 0 Å². The summed E-state index contributed by atoms with van der Waals surface area (Å²) in [6.45, 7) is 2.62. The predicted octanol–water partition coefficient (Wildman–Crippen LogP) is 5.47. The fourth-order valence-corrected chi connectivity index (χ4v) is 2.28. The second-order valence-electron chi connectivity index (χ2n) is 3.93. The molecule has 0 aliphatic rings. The fourth-order valence-electron chi connectivity index (χ4n) is 1.56. The third-order valence-corrected chi connectivity index (χ3v) is 3.68. The second-order valence-corrected chi connectivity index (χ2v) is 5.60. The van der Waals surface area contributed by atoms with Crippen LogP contribution < -0.4 is 10.6 Å². The molecule has 0 unspecified atom stereocenters. The summed E-state index contributed by atoms with van der Waals surface area (Å²) >= 11 is 15.2. The van der Waals surface area contributed by atoms with Crippen molar-refractivity contribution in [2.24, 2.45) is 0 Å². The smallest absolute Gasteiger partial charge is 0.151 e. The number of hydrogen-bond donors (Lipinski definition) is 2. The number of hydrogen-bond acceptors (Lipinski definition) is 3. The molecule has 0 atom stereocenters. The molecule has 0 aliphatic carbocycles. The van der Waals surface area contributed by atoms with Crippen LogP contribution in [0.3, 0.4) is 0 Å². The zero-order valence-electron chi connectivity index (χ0n) is 10.5. The first-order valence-corrected chi connectivity index (χ1v) is 7.38. The minimum Gasteiger partial charge on any atom is -0.369 e. The molecule has 20 heavy (non-hydrogen) atoms. The fraction of sp³-hybridized carbons (Fsp3) is 0.154. The molecule has 2 N–H and O–H groups in total. The van der Waals surface area contributed by atoms with Crippen LogP contribution in [0, 0.1) is 5.82 Å². The molecule has 0 amide bonds. The highest BCUT2D eigenvalue weighted by Crippen LogP contribution is 2.31. The zero-order chi connectivity index (χ0) is 14.7. The van der Waals surface area contributed by atoms with E-state index in [0.29, 0.717) is 38.4 Å². The minimum absolute atomic E-state index is 0.361. The van der Waals surface area contributed by atoms with Crippen LogP contribution in [0.1, 0.15) is 6.92 Å². The van der Waals surface area contributed by atoms with Crippen molar-refractivity contribution in [1.29, 1.82) is 0 Å². The summed E-state index contributed by atoms with van der Waals surface area (Å²) < 4.78 is 13.9. The Kier molecular flexibility index (Phi) is 5.07. The molecule has 0 aliphatic heterocycles. The molecule has 0 radical (unpaired) electrons. The largest absolute Gasteiger partial charge is 0.369 e. The van der Waals surface area contributed by atoms with E-state index in [-0.39, 0.29) is 5.82 Å². The Balaban J connectivity index is 2.32. The summed E-state index contributed by atoms with van der Waals surface area (Å²) in [6.07, 6.45) is 0. The number of rotatable bonds is 4. The Morgan fingerprint density at radius 2 is 1.90 bits per heavy atom. The van der Waals surface area contributed by atoms with Crippen molar-refractivity contribution in [3.8, 4) is 0 Å². The van der Waals surface area contributed by atoms with Crippen LogP contribution in [0.15, 0.2) is 28.7 Å². The van der Waals surface area contributed by atoms with E-state index in [2.05, 4.69) is 31.5 Å². The molecular weight excluding hydrogens is 368 g/mol. The van der Waals surface area contributed by atoms with Crippen molar-refractivity contribution in [1.82, 2.24) is 4.98 Å². The van der Waals surface area contributed by atoms with E-state index in [1.54, 1.807) is 18.2 Å². The Morgan fingerprint density at radius 1 is 1.20 bits per heavy atom. The number of halogens is 4. The molecule has 2 rings (SSSR count). The summed E-state index contributed by atoms with van der Waals surface area (Å²) in [7, 11) is 0. The molecule has 7 heteroatoms. The number of aromatic nitrogens is 1. The molecule has 1 aromatic carbocycles. The van der Waals surface area contributed by atoms with E-state index >= 15 is 0 Å². The summed E-state index contributed by atoms with van der Waals surface area (Å²) in [5, 5.41) is 6.79. The minimum atomic E-state index is -0.369. The van der Waals surface area contributed by atoms with Gasteiger partial charge in [-0.15, -0.1) is 0 Å². The van der Waals surface area contributed by atoms with Crippen molar-refractivity contribution in [3.05, 3.63) is 44.6 Å². The number of nitrogens with zero attached hydrogens (tertiary/aromatic N) is 1. The lowest BCUT2D eigenvalue weighted by Crippen LogP contribution is -2.03. The number of anilines is 3. The van der Waals surface area contributed by atoms with E-state index in [4.69, 9.17) is 23.2 Å². The van der Waals surface area contributed by atoms with Gasteiger partial charge in [0, 0.05) is 12.2 Å². The van der Waals surface area contributed by atoms with Gasteiger partial charge in [0.2, 0.25) is 0 Å². The molecule has 0 fully saturated rings. The standard InChI is InChI=1S/C13H11BrCl2FN3/c1-2-18-12-9(15)6-10(16)13(20-12)19-7-3-4-8(14)11(17)5-7/h3-6H,2H2,1H3,(H2,18,19,20). The van der Waals surface area contributed by atoms with Crippen molar-refractivity contribution < 1.29 is 4.39 Å². The topological polar surface area (TPSA) is 37.0 Å². The third-order valence-electron chi connectivity index (χ3n) is 2.46. The average Bonchev–Trinajstić information content (AvgIpc) is 2.39. The predicted molar refractivity (Wildman–Crippen MR) is 85.8 cm³/mol. The summed E-state index contributed by atoms with van der Waals surface area (Å²) in [5.41, 5.74) is 0.546.